The van der Waals surface area contributed by atoms with E-state index in [1.165, 1.54) is 0 Å². The Bertz CT molecular complexity index is 1380. The molecule has 0 saturated carbocycles. The van der Waals surface area contributed by atoms with Crippen LogP contribution < -0.4 is 0 Å². The Labute approximate surface area is 230 Å². The number of rotatable bonds is 6. The number of carboxylic acid groups (broad SMARTS) is 1. The van der Waals surface area contributed by atoms with Crippen molar-refractivity contribution in [1.29, 1.82) is 0 Å². The number of nitrogens with zero attached hydrogens (tertiary/aromatic N) is 1. The molecule has 0 spiro atoms. The first-order valence-corrected chi connectivity index (χ1v) is 13.0. The van der Waals surface area contributed by atoms with Crippen molar-refractivity contribution in [3.05, 3.63) is 71.0 Å². The van der Waals surface area contributed by atoms with Crippen LogP contribution in [0.15, 0.2) is 54.6 Å². The van der Waals surface area contributed by atoms with Gasteiger partial charge in [0.15, 0.2) is 6.10 Å². The molecule has 0 radical (unpaired) electrons. The second kappa shape index (κ2) is 10.4. The summed E-state index contributed by atoms with van der Waals surface area (Å²) in [5, 5.41) is 40.3. The zero-order valence-corrected chi connectivity index (χ0v) is 22.2. The summed E-state index contributed by atoms with van der Waals surface area (Å²) >= 11 is 6.17. The van der Waals surface area contributed by atoms with Crippen LogP contribution in [-0.2, 0) is 38.4 Å². The average Bonchev–Trinajstić information content (AvgIpc) is 3.35. The van der Waals surface area contributed by atoms with Crippen LogP contribution in [0.4, 0.5) is 0 Å². The molecule has 3 aromatic rings. The Kier molecular flexibility index (Phi) is 7.30. The lowest BCUT2D eigenvalue weighted by Gasteiger charge is -2.38. The molecule has 206 valence electrons. The number of benzene rings is 2. The Morgan fingerprint density at radius 1 is 0.974 bits per heavy atom. The van der Waals surface area contributed by atoms with Crippen molar-refractivity contribution < 1.29 is 39.5 Å². The first-order valence-electron chi connectivity index (χ1n) is 12.6. The van der Waals surface area contributed by atoms with Gasteiger partial charge < -0.3 is 34.5 Å². The second-order valence-corrected chi connectivity index (χ2v) is 11.3. The van der Waals surface area contributed by atoms with E-state index in [1.807, 2.05) is 42.5 Å². The first kappa shape index (κ1) is 27.4. The van der Waals surface area contributed by atoms with Crippen LogP contribution in [0.1, 0.15) is 25.2 Å². The van der Waals surface area contributed by atoms with E-state index in [2.05, 4.69) is 18.4 Å². The summed E-state index contributed by atoms with van der Waals surface area (Å²) in [6.45, 7) is 4.97. The topological polar surface area (TPSA) is 138 Å². The molecular formula is C29H30ClNO8. The molecule has 2 aliphatic rings. The van der Waals surface area contributed by atoms with E-state index in [0.717, 1.165) is 34.4 Å². The number of esters is 1. The summed E-state index contributed by atoms with van der Waals surface area (Å²) in [6.07, 6.45) is -8.65. The predicted molar refractivity (Wildman–Crippen MR) is 142 cm³/mol. The molecule has 0 aliphatic carbocycles. The third-order valence-electron chi connectivity index (χ3n) is 7.28. The summed E-state index contributed by atoms with van der Waals surface area (Å²) in [6, 6.07) is 17.2. The van der Waals surface area contributed by atoms with E-state index in [4.69, 9.17) is 21.1 Å². The highest BCUT2D eigenvalue weighted by Gasteiger charge is 2.48. The van der Waals surface area contributed by atoms with Gasteiger partial charge in [0.25, 0.3) is 0 Å². The Morgan fingerprint density at radius 2 is 1.62 bits per heavy atom. The third-order valence-corrected chi connectivity index (χ3v) is 7.53. The van der Waals surface area contributed by atoms with Crippen LogP contribution in [0.25, 0.3) is 22.3 Å². The van der Waals surface area contributed by atoms with Gasteiger partial charge in [-0.15, -0.1) is 0 Å². The SMILES string of the molecule is CC1(C)Cc2c(-c3ccccc3)c(-c3ccc(Cl)cc3)c(CC(=O)OC3OC(C(=O)O)C(O)C(O)C3O)n2C1. The third kappa shape index (κ3) is 5.20. The van der Waals surface area contributed by atoms with Crippen molar-refractivity contribution in [1.82, 2.24) is 4.57 Å². The molecule has 1 aromatic heterocycles. The summed E-state index contributed by atoms with van der Waals surface area (Å²) in [5.41, 5.74) is 5.43. The fourth-order valence-electron chi connectivity index (χ4n) is 5.52. The minimum absolute atomic E-state index is 0.0618. The molecule has 5 rings (SSSR count). The lowest BCUT2D eigenvalue weighted by Crippen LogP contribution is -2.60. The van der Waals surface area contributed by atoms with E-state index >= 15 is 0 Å². The van der Waals surface area contributed by atoms with Crippen molar-refractivity contribution in [2.45, 2.75) is 63.9 Å². The van der Waals surface area contributed by atoms with E-state index in [-0.39, 0.29) is 11.8 Å². The summed E-state index contributed by atoms with van der Waals surface area (Å²) < 4.78 is 12.6. The van der Waals surface area contributed by atoms with Crippen LogP contribution in [0.2, 0.25) is 5.02 Å². The number of hydrogen-bond donors (Lipinski definition) is 4. The molecule has 39 heavy (non-hydrogen) atoms. The van der Waals surface area contributed by atoms with Gasteiger partial charge in [-0.2, -0.15) is 0 Å². The van der Waals surface area contributed by atoms with Crippen molar-refractivity contribution in [2.75, 3.05) is 0 Å². The van der Waals surface area contributed by atoms with Crippen LogP contribution in [0, 0.1) is 5.41 Å². The number of fused-ring (bicyclic) bond motifs is 1. The van der Waals surface area contributed by atoms with E-state index in [0.29, 0.717) is 17.3 Å². The number of aliphatic hydroxyl groups excluding tert-OH is 3. The normalized spacial score (nSPS) is 25.7. The van der Waals surface area contributed by atoms with E-state index < -0.39 is 42.6 Å². The summed E-state index contributed by atoms with van der Waals surface area (Å²) in [4.78, 5) is 24.8. The zero-order valence-electron chi connectivity index (χ0n) is 21.5. The second-order valence-electron chi connectivity index (χ2n) is 10.8. The quantitative estimate of drug-likeness (QED) is 0.340. The number of hydrogen-bond acceptors (Lipinski definition) is 7. The number of aliphatic carboxylic acids is 1. The Morgan fingerprint density at radius 3 is 2.26 bits per heavy atom. The molecule has 1 fully saturated rings. The number of halogens is 1. The van der Waals surface area contributed by atoms with Gasteiger partial charge in [0.2, 0.25) is 6.29 Å². The van der Waals surface area contributed by atoms with Crippen molar-refractivity contribution >= 4 is 23.5 Å². The highest BCUT2D eigenvalue weighted by atomic mass is 35.5. The standard InChI is InChI=1S/C29H30ClNO8/c1-29(2)13-19-22(15-6-4-3-5-7-15)21(16-8-10-17(30)11-9-16)18(31(19)14-29)12-20(32)38-28-25(35)23(33)24(34)26(39-28)27(36)37/h3-11,23-26,28,33-35H,12-14H2,1-2H3,(H,36,37). The number of aromatic nitrogens is 1. The number of carboxylic acids is 1. The Balaban J connectivity index is 1.55. The van der Waals surface area contributed by atoms with Gasteiger partial charge in [0.1, 0.15) is 18.3 Å². The van der Waals surface area contributed by atoms with Crippen LogP contribution in [0.3, 0.4) is 0 Å². The van der Waals surface area contributed by atoms with Gasteiger partial charge in [-0.25, -0.2) is 4.79 Å². The minimum atomic E-state index is -1.88. The van der Waals surface area contributed by atoms with E-state index in [9.17, 15) is 30.0 Å². The zero-order chi connectivity index (χ0) is 28.1. The van der Waals surface area contributed by atoms with Gasteiger partial charge in [-0.05, 0) is 35.1 Å². The van der Waals surface area contributed by atoms with Crippen LogP contribution >= 0.6 is 11.6 Å². The first-order chi connectivity index (χ1) is 18.5. The van der Waals surface area contributed by atoms with E-state index in [1.54, 1.807) is 12.1 Å². The Hall–Kier alpha value is -3.21. The highest BCUT2D eigenvalue weighted by molar-refractivity contribution is 6.30. The minimum Gasteiger partial charge on any atom is -0.479 e. The van der Waals surface area contributed by atoms with Gasteiger partial charge in [0.05, 0.1) is 6.42 Å². The lowest BCUT2D eigenvalue weighted by atomic mass is 9.86. The number of carbonyl (C=O) groups is 2. The van der Waals surface area contributed by atoms with Crippen molar-refractivity contribution in [2.24, 2.45) is 5.41 Å². The molecule has 2 aliphatic heterocycles. The van der Waals surface area contributed by atoms with Gasteiger partial charge in [0, 0.05) is 34.1 Å². The lowest BCUT2D eigenvalue weighted by molar-refractivity contribution is -0.286. The molecule has 5 atom stereocenters. The molecular weight excluding hydrogens is 526 g/mol. The molecule has 1 saturated heterocycles. The van der Waals surface area contributed by atoms with Crippen LogP contribution in [0.5, 0.6) is 0 Å². The van der Waals surface area contributed by atoms with Crippen molar-refractivity contribution in [3.8, 4) is 22.3 Å². The number of carbonyl (C=O) groups excluding carboxylic acids is 1. The molecule has 3 heterocycles. The monoisotopic (exact) mass is 555 g/mol. The highest BCUT2D eigenvalue weighted by Crippen LogP contribution is 2.47. The maximum absolute atomic E-state index is 13.3. The molecule has 10 heteroatoms. The van der Waals surface area contributed by atoms with Crippen molar-refractivity contribution in [3.63, 3.8) is 0 Å². The molecule has 9 nitrogen and oxygen atoms in total. The van der Waals surface area contributed by atoms with Gasteiger partial charge in [-0.3, -0.25) is 4.79 Å². The smallest absolute Gasteiger partial charge is 0.335 e. The van der Waals surface area contributed by atoms with Crippen LogP contribution in [-0.4, -0.2) is 67.6 Å². The fraction of sp³-hybridized carbons (Fsp3) is 0.379. The molecule has 4 N–H and O–H groups in total. The molecule has 0 amide bonds. The van der Waals surface area contributed by atoms with Gasteiger partial charge >= 0.3 is 11.9 Å². The maximum Gasteiger partial charge on any atom is 0.335 e. The number of ether oxygens (including phenoxy) is 2. The van der Waals surface area contributed by atoms with Gasteiger partial charge in [-0.1, -0.05) is 67.9 Å². The molecule has 2 aromatic carbocycles. The summed E-state index contributed by atoms with van der Waals surface area (Å²) in [5.74, 6) is -2.34. The largest absolute Gasteiger partial charge is 0.479 e. The fourth-order valence-corrected chi connectivity index (χ4v) is 5.64. The maximum atomic E-state index is 13.3. The predicted octanol–water partition coefficient (Wildman–Crippen LogP) is 3.04. The average molecular weight is 556 g/mol. The number of aliphatic hydroxyl groups is 3. The molecule has 5 unspecified atom stereocenters. The molecule has 0 bridgehead atoms. The summed E-state index contributed by atoms with van der Waals surface area (Å²) in [7, 11) is 0.